The molecule has 0 spiro atoms. The van der Waals surface area contributed by atoms with E-state index in [2.05, 4.69) is 123 Å². The van der Waals surface area contributed by atoms with Crippen molar-refractivity contribution in [3.05, 3.63) is 109 Å². The van der Waals surface area contributed by atoms with Crippen molar-refractivity contribution in [3.63, 3.8) is 0 Å². The van der Waals surface area contributed by atoms with E-state index >= 15 is 0 Å². The summed E-state index contributed by atoms with van der Waals surface area (Å²) in [5.41, 5.74) is 0. The number of ether oxygens (including phenoxy) is 4. The first kappa shape index (κ1) is 73.0. The Morgan fingerprint density at radius 1 is 0.403 bits per heavy atom. The molecule has 0 rings (SSSR count). The van der Waals surface area contributed by atoms with Gasteiger partial charge in [-0.2, -0.15) is 0 Å². The van der Waals surface area contributed by atoms with Crippen LogP contribution >= 0.6 is 0 Å². The highest BCUT2D eigenvalue weighted by Gasteiger charge is 2.25. The molecule has 0 saturated carbocycles. The number of carboxylic acid groups (broad SMARTS) is 1. The number of nitrogens with zero attached hydrogens (tertiary/aromatic N) is 1. The SMILES string of the molecule is CC/C=C\C/C=C\C/C=C\C/C=C\C/C=C\C/C=C\C/C=C\CCCCCCCCCCCC(=O)OC(COC(=O)CCCCCCCCCCC/C=C\C/C=C\CCCCCCC)COC(OCC[N+](C)(C)C)C(=O)O. The molecular formula is C68H116NO8+. The molecule has 0 amide bonds. The van der Waals surface area contributed by atoms with Gasteiger partial charge in [0.1, 0.15) is 13.2 Å². The van der Waals surface area contributed by atoms with Gasteiger partial charge >= 0.3 is 17.9 Å². The van der Waals surface area contributed by atoms with E-state index in [-0.39, 0.29) is 32.2 Å². The van der Waals surface area contributed by atoms with E-state index in [4.69, 9.17) is 18.9 Å². The average Bonchev–Trinajstić information content (AvgIpc) is 3.40. The third-order valence-corrected chi connectivity index (χ3v) is 13.0. The van der Waals surface area contributed by atoms with Crippen molar-refractivity contribution in [3.8, 4) is 0 Å². The maximum absolute atomic E-state index is 12.9. The Morgan fingerprint density at radius 3 is 1.10 bits per heavy atom. The lowest BCUT2D eigenvalue weighted by atomic mass is 10.1. The fraction of sp³-hybridized carbons (Fsp3) is 0.691. The predicted octanol–water partition coefficient (Wildman–Crippen LogP) is 18.7. The number of quaternary nitrogens is 1. The van der Waals surface area contributed by atoms with Crippen LogP contribution in [0.2, 0.25) is 0 Å². The third-order valence-electron chi connectivity index (χ3n) is 13.0. The van der Waals surface area contributed by atoms with Gasteiger partial charge in [-0.15, -0.1) is 0 Å². The fourth-order valence-electron chi connectivity index (χ4n) is 8.26. The number of unbranched alkanes of at least 4 members (excludes halogenated alkanes) is 23. The molecule has 0 aromatic rings. The quantitative estimate of drug-likeness (QED) is 0.0211. The maximum Gasteiger partial charge on any atom is 0.361 e. The van der Waals surface area contributed by atoms with E-state index in [9.17, 15) is 19.5 Å². The minimum absolute atomic E-state index is 0.181. The van der Waals surface area contributed by atoms with Gasteiger partial charge in [0.2, 0.25) is 0 Å². The largest absolute Gasteiger partial charge is 0.477 e. The molecular weight excluding hydrogens is 959 g/mol. The summed E-state index contributed by atoms with van der Waals surface area (Å²) in [6.45, 7) is 4.74. The van der Waals surface area contributed by atoms with E-state index in [1.54, 1.807) is 0 Å². The standard InChI is InChI=1S/C68H115NO8/c1-6-8-10-12-14-16-18-20-22-24-26-28-29-30-31-32-33-34-35-36-37-39-41-43-45-47-49-51-53-55-57-59-66(71)77-64(63-76-68(67(72)73)74-61-60-69(3,4)5)62-75-65(70)58-56-54-52-50-48-46-44-42-40-38-27-25-23-21-19-17-15-13-11-9-7-2/h8,10,14,16,19-22,25-28,30-31,33-34,36-37,64,68H,6-7,9,11-13,15,17-18,23-24,29,32,35,38-63H2,1-5H3/p+1/b10-8-,16-14-,21-19-,22-20-,27-25-,28-26-,31-30-,34-33-,37-36-. The summed E-state index contributed by atoms with van der Waals surface area (Å²) in [6.07, 6.45) is 77.4. The van der Waals surface area contributed by atoms with Crippen LogP contribution in [-0.2, 0) is 33.3 Å². The molecule has 1 N–H and O–H groups in total. The molecule has 0 saturated heterocycles. The first-order valence-corrected chi connectivity index (χ1v) is 31.1. The zero-order chi connectivity index (χ0) is 56.2. The van der Waals surface area contributed by atoms with E-state index in [0.717, 1.165) is 96.3 Å². The van der Waals surface area contributed by atoms with E-state index in [1.807, 2.05) is 21.1 Å². The van der Waals surface area contributed by atoms with Crippen LogP contribution in [0.5, 0.6) is 0 Å². The van der Waals surface area contributed by atoms with Gasteiger partial charge in [-0.1, -0.05) is 239 Å². The van der Waals surface area contributed by atoms with Crippen molar-refractivity contribution >= 4 is 17.9 Å². The summed E-state index contributed by atoms with van der Waals surface area (Å²) in [5.74, 6) is -2.02. The number of hydrogen-bond donors (Lipinski definition) is 1. The summed E-state index contributed by atoms with van der Waals surface area (Å²) in [5, 5.41) is 9.72. The second-order valence-corrected chi connectivity index (χ2v) is 21.6. The van der Waals surface area contributed by atoms with Gasteiger partial charge in [-0.05, 0) is 103 Å². The van der Waals surface area contributed by atoms with Gasteiger partial charge in [0, 0.05) is 12.8 Å². The molecule has 0 fully saturated rings. The van der Waals surface area contributed by atoms with Crippen molar-refractivity contribution in [1.82, 2.24) is 0 Å². The zero-order valence-corrected chi connectivity index (χ0v) is 50.1. The fourth-order valence-corrected chi connectivity index (χ4v) is 8.26. The highest BCUT2D eigenvalue weighted by atomic mass is 16.7. The Kier molecular flexibility index (Phi) is 55.1. The molecule has 440 valence electrons. The molecule has 0 bridgehead atoms. The summed E-state index contributed by atoms with van der Waals surface area (Å²) in [6, 6.07) is 0. The van der Waals surface area contributed by atoms with Crippen molar-refractivity contribution in [2.75, 3.05) is 47.5 Å². The van der Waals surface area contributed by atoms with E-state index in [0.29, 0.717) is 23.9 Å². The highest BCUT2D eigenvalue weighted by molar-refractivity contribution is 5.71. The number of esters is 2. The minimum atomic E-state index is -1.52. The maximum atomic E-state index is 12.9. The van der Waals surface area contributed by atoms with E-state index < -0.39 is 24.3 Å². The van der Waals surface area contributed by atoms with Crippen LogP contribution in [0.1, 0.15) is 245 Å². The number of carbonyl (C=O) groups excluding carboxylic acids is 2. The minimum Gasteiger partial charge on any atom is -0.477 e. The van der Waals surface area contributed by atoms with E-state index in [1.165, 1.54) is 116 Å². The van der Waals surface area contributed by atoms with Crippen LogP contribution in [0.15, 0.2) is 109 Å². The number of likely N-dealkylation sites (N-methyl/N-ethyl adjacent to an activating group) is 1. The number of hydrogen-bond acceptors (Lipinski definition) is 7. The van der Waals surface area contributed by atoms with Gasteiger partial charge in [0.05, 0.1) is 34.4 Å². The van der Waals surface area contributed by atoms with Crippen LogP contribution in [0, 0.1) is 0 Å². The van der Waals surface area contributed by atoms with Gasteiger partial charge in [0.25, 0.3) is 6.29 Å². The molecule has 9 heteroatoms. The molecule has 2 atom stereocenters. The van der Waals surface area contributed by atoms with Crippen LogP contribution in [-0.4, -0.2) is 87.4 Å². The molecule has 0 aromatic carbocycles. The van der Waals surface area contributed by atoms with Gasteiger partial charge in [-0.3, -0.25) is 9.59 Å². The summed E-state index contributed by atoms with van der Waals surface area (Å²) < 4.78 is 22.9. The first-order valence-electron chi connectivity index (χ1n) is 31.1. The molecule has 0 aliphatic carbocycles. The Balaban J connectivity index is 4.25. The van der Waals surface area contributed by atoms with Crippen molar-refractivity contribution < 1.29 is 42.9 Å². The Morgan fingerprint density at radius 2 is 0.740 bits per heavy atom. The highest BCUT2D eigenvalue weighted by Crippen LogP contribution is 2.15. The topological polar surface area (TPSA) is 108 Å². The summed E-state index contributed by atoms with van der Waals surface area (Å²) in [4.78, 5) is 37.5. The molecule has 0 heterocycles. The number of carboxylic acids is 1. The predicted molar refractivity (Wildman–Crippen MR) is 327 cm³/mol. The second kappa shape index (κ2) is 58.1. The average molecular weight is 1080 g/mol. The van der Waals surface area contributed by atoms with Crippen molar-refractivity contribution in [2.45, 2.75) is 257 Å². The smallest absolute Gasteiger partial charge is 0.361 e. The lowest BCUT2D eigenvalue weighted by molar-refractivity contribution is -0.870. The summed E-state index contributed by atoms with van der Waals surface area (Å²) in [7, 11) is 5.96. The lowest BCUT2D eigenvalue weighted by Crippen LogP contribution is -2.40. The van der Waals surface area contributed by atoms with Crippen molar-refractivity contribution in [2.24, 2.45) is 0 Å². The van der Waals surface area contributed by atoms with Gasteiger partial charge < -0.3 is 28.5 Å². The third kappa shape index (κ3) is 59.5. The second-order valence-electron chi connectivity index (χ2n) is 21.6. The number of allylic oxidation sites excluding steroid dienone is 18. The lowest BCUT2D eigenvalue weighted by Gasteiger charge is -2.25. The monoisotopic (exact) mass is 1070 g/mol. The van der Waals surface area contributed by atoms with Gasteiger partial charge in [-0.25, -0.2) is 4.79 Å². The van der Waals surface area contributed by atoms with Crippen LogP contribution in [0.4, 0.5) is 0 Å². The molecule has 0 aliphatic rings. The van der Waals surface area contributed by atoms with Crippen LogP contribution < -0.4 is 0 Å². The first-order chi connectivity index (χ1) is 37.6. The zero-order valence-electron chi connectivity index (χ0n) is 50.1. The number of rotatable bonds is 56. The van der Waals surface area contributed by atoms with Crippen molar-refractivity contribution in [1.29, 1.82) is 0 Å². The van der Waals surface area contributed by atoms with Crippen LogP contribution in [0.3, 0.4) is 0 Å². The Labute approximate surface area is 473 Å². The normalized spacial score (nSPS) is 13.5. The molecule has 77 heavy (non-hydrogen) atoms. The molecule has 2 unspecified atom stereocenters. The molecule has 0 aromatic heterocycles. The molecule has 0 aliphatic heterocycles. The Hall–Kier alpha value is -4.05. The summed E-state index contributed by atoms with van der Waals surface area (Å²) >= 11 is 0. The molecule has 0 radical (unpaired) electrons. The van der Waals surface area contributed by atoms with Gasteiger partial charge in [0.15, 0.2) is 6.10 Å². The van der Waals surface area contributed by atoms with Crippen LogP contribution in [0.25, 0.3) is 0 Å². The molecule has 9 nitrogen and oxygen atoms in total. The number of aliphatic carboxylic acids is 1. The number of carbonyl (C=O) groups is 3. The Bertz CT molecular complexity index is 1630.